The molecule has 0 bridgehead atoms. The zero-order valence-corrected chi connectivity index (χ0v) is 15.0. The Morgan fingerprint density at radius 2 is 2.04 bits per heavy atom. The number of benzene rings is 1. The van der Waals surface area contributed by atoms with Crippen LogP contribution < -0.4 is 11.1 Å². The van der Waals surface area contributed by atoms with Crippen LogP contribution in [0.5, 0.6) is 0 Å². The van der Waals surface area contributed by atoms with Crippen LogP contribution in [0, 0.1) is 6.92 Å². The van der Waals surface area contributed by atoms with E-state index in [-0.39, 0.29) is 17.7 Å². The topological polar surface area (TPSA) is 80.9 Å². The number of aryl methyl sites for hydroxylation is 1. The number of amides is 1. The highest BCUT2D eigenvalue weighted by Gasteiger charge is 2.12. The van der Waals surface area contributed by atoms with E-state index in [1.807, 2.05) is 19.9 Å². The number of anilines is 1. The van der Waals surface area contributed by atoms with E-state index >= 15 is 0 Å². The summed E-state index contributed by atoms with van der Waals surface area (Å²) in [4.78, 5) is 20.4. The van der Waals surface area contributed by atoms with E-state index in [4.69, 9.17) is 28.9 Å². The van der Waals surface area contributed by atoms with Crippen LogP contribution in [0.25, 0.3) is 0 Å². The first-order valence-electron chi connectivity index (χ1n) is 6.83. The summed E-state index contributed by atoms with van der Waals surface area (Å²) in [7, 11) is 0. The van der Waals surface area contributed by atoms with Crippen molar-refractivity contribution in [3.05, 3.63) is 45.6 Å². The van der Waals surface area contributed by atoms with E-state index < -0.39 is 0 Å². The van der Waals surface area contributed by atoms with Crippen LogP contribution in [0.1, 0.15) is 24.2 Å². The zero-order valence-electron chi connectivity index (χ0n) is 12.6. The quantitative estimate of drug-likeness (QED) is 0.620. The van der Waals surface area contributed by atoms with Gasteiger partial charge in [-0.3, -0.25) is 4.79 Å². The minimum absolute atomic E-state index is 0.128. The second-order valence-electron chi connectivity index (χ2n) is 4.97. The molecule has 1 unspecified atom stereocenters. The van der Waals surface area contributed by atoms with Gasteiger partial charge in [-0.15, -0.1) is 0 Å². The first kappa shape index (κ1) is 17.8. The van der Waals surface area contributed by atoms with Gasteiger partial charge in [0, 0.05) is 11.8 Å². The largest absolute Gasteiger partial charge is 0.384 e. The van der Waals surface area contributed by atoms with E-state index in [1.54, 1.807) is 18.2 Å². The summed E-state index contributed by atoms with van der Waals surface area (Å²) in [6, 6.07) is 6.78. The van der Waals surface area contributed by atoms with Crippen molar-refractivity contribution in [2.24, 2.45) is 0 Å². The molecule has 1 atom stereocenters. The molecule has 1 amide bonds. The van der Waals surface area contributed by atoms with Gasteiger partial charge < -0.3 is 11.1 Å². The molecule has 1 aromatic carbocycles. The first-order valence-corrected chi connectivity index (χ1v) is 8.57. The van der Waals surface area contributed by atoms with Crippen LogP contribution in [0.4, 0.5) is 5.82 Å². The molecule has 3 N–H and O–H groups in total. The van der Waals surface area contributed by atoms with Crippen LogP contribution in [-0.4, -0.2) is 21.6 Å². The fraction of sp³-hybridized carbons (Fsp3) is 0.267. The normalized spacial score (nSPS) is 12.0. The van der Waals surface area contributed by atoms with Gasteiger partial charge in [0.15, 0.2) is 5.16 Å². The smallest absolute Gasteiger partial charge is 0.230 e. The van der Waals surface area contributed by atoms with Crippen molar-refractivity contribution in [2.75, 3.05) is 11.5 Å². The van der Waals surface area contributed by atoms with Gasteiger partial charge in [0.2, 0.25) is 5.91 Å². The zero-order chi connectivity index (χ0) is 17.0. The summed E-state index contributed by atoms with van der Waals surface area (Å²) >= 11 is 13.1. The Morgan fingerprint density at radius 3 is 2.70 bits per heavy atom. The Hall–Kier alpha value is -1.50. The summed E-state index contributed by atoms with van der Waals surface area (Å²) in [6.45, 7) is 3.71. The molecule has 8 heteroatoms. The predicted molar refractivity (Wildman–Crippen MR) is 94.9 cm³/mol. The van der Waals surface area contributed by atoms with E-state index in [0.29, 0.717) is 21.0 Å². The summed E-state index contributed by atoms with van der Waals surface area (Å²) in [5.74, 6) is 0.469. The number of thioether (sulfide) groups is 1. The number of nitrogens with one attached hydrogen (secondary N) is 1. The van der Waals surface area contributed by atoms with Crippen molar-refractivity contribution in [1.29, 1.82) is 0 Å². The molecule has 0 aliphatic rings. The third-order valence-electron chi connectivity index (χ3n) is 3.01. The number of rotatable bonds is 5. The Bertz CT molecular complexity index is 706. The van der Waals surface area contributed by atoms with Crippen molar-refractivity contribution < 1.29 is 4.79 Å². The minimum Gasteiger partial charge on any atom is -0.384 e. The van der Waals surface area contributed by atoms with Gasteiger partial charge in [-0.05, 0) is 31.5 Å². The molecule has 1 heterocycles. The summed E-state index contributed by atoms with van der Waals surface area (Å²) < 4.78 is 0. The second-order valence-corrected chi connectivity index (χ2v) is 6.73. The molecule has 1 aromatic heterocycles. The van der Waals surface area contributed by atoms with Gasteiger partial charge in [0.1, 0.15) is 5.82 Å². The number of nitrogens with zero attached hydrogens (tertiary/aromatic N) is 2. The third-order valence-corrected chi connectivity index (χ3v) is 4.59. The molecule has 122 valence electrons. The molecule has 0 aliphatic heterocycles. The molecule has 0 saturated heterocycles. The van der Waals surface area contributed by atoms with Crippen LogP contribution in [-0.2, 0) is 4.79 Å². The van der Waals surface area contributed by atoms with E-state index in [2.05, 4.69) is 15.3 Å². The summed E-state index contributed by atoms with van der Waals surface area (Å²) in [5.41, 5.74) is 7.31. The molecule has 0 spiro atoms. The van der Waals surface area contributed by atoms with Gasteiger partial charge in [0.25, 0.3) is 0 Å². The molecular formula is C15H16Cl2N4OS. The second kappa shape index (κ2) is 7.86. The summed E-state index contributed by atoms with van der Waals surface area (Å²) in [5, 5.41) is 4.33. The molecular weight excluding hydrogens is 355 g/mol. The van der Waals surface area contributed by atoms with Gasteiger partial charge in [0.05, 0.1) is 21.8 Å². The lowest BCUT2D eigenvalue weighted by atomic mass is 10.1. The average Bonchev–Trinajstić information content (AvgIpc) is 2.47. The molecule has 0 radical (unpaired) electrons. The first-order chi connectivity index (χ1) is 10.8. The van der Waals surface area contributed by atoms with Crippen molar-refractivity contribution in [3.8, 4) is 0 Å². The maximum atomic E-state index is 12.0. The lowest BCUT2D eigenvalue weighted by Gasteiger charge is -2.14. The summed E-state index contributed by atoms with van der Waals surface area (Å²) in [6.07, 6.45) is 0. The highest BCUT2D eigenvalue weighted by molar-refractivity contribution is 7.99. The van der Waals surface area contributed by atoms with Gasteiger partial charge in [-0.2, -0.15) is 0 Å². The van der Waals surface area contributed by atoms with Crippen LogP contribution in [0.2, 0.25) is 10.0 Å². The lowest BCUT2D eigenvalue weighted by Crippen LogP contribution is -2.28. The number of nitrogen functional groups attached to an aromatic ring is 1. The molecule has 0 fully saturated rings. The van der Waals surface area contributed by atoms with Gasteiger partial charge in [-0.1, -0.05) is 41.0 Å². The van der Waals surface area contributed by atoms with Crippen molar-refractivity contribution >= 4 is 46.7 Å². The minimum atomic E-state index is -0.179. The van der Waals surface area contributed by atoms with Crippen molar-refractivity contribution in [1.82, 2.24) is 15.3 Å². The molecule has 0 aliphatic carbocycles. The maximum absolute atomic E-state index is 12.0. The Kier molecular flexibility index (Phi) is 6.10. The number of halogens is 2. The van der Waals surface area contributed by atoms with Gasteiger partial charge >= 0.3 is 0 Å². The fourth-order valence-electron chi connectivity index (χ4n) is 1.91. The number of hydrogen-bond acceptors (Lipinski definition) is 5. The number of carbonyl (C=O) groups excluding carboxylic acids is 1. The van der Waals surface area contributed by atoms with E-state index in [1.165, 1.54) is 11.8 Å². The molecule has 5 nitrogen and oxygen atoms in total. The lowest BCUT2D eigenvalue weighted by molar-refractivity contribution is -0.119. The van der Waals surface area contributed by atoms with Crippen molar-refractivity contribution in [2.45, 2.75) is 25.0 Å². The van der Waals surface area contributed by atoms with Crippen molar-refractivity contribution in [3.63, 3.8) is 0 Å². The Morgan fingerprint density at radius 1 is 1.30 bits per heavy atom. The number of hydrogen-bond donors (Lipinski definition) is 2. The SMILES string of the molecule is Cc1cc(N)nc(SCC(=O)NC(C)c2ccc(Cl)c(Cl)c2)n1. The monoisotopic (exact) mass is 370 g/mol. The van der Waals surface area contributed by atoms with Crippen LogP contribution in [0.15, 0.2) is 29.4 Å². The number of nitrogens with two attached hydrogens (primary N) is 1. The maximum Gasteiger partial charge on any atom is 0.230 e. The highest BCUT2D eigenvalue weighted by Crippen LogP contribution is 2.25. The van der Waals surface area contributed by atoms with Crippen LogP contribution >= 0.6 is 35.0 Å². The fourth-order valence-corrected chi connectivity index (χ4v) is 2.94. The number of carbonyl (C=O) groups is 1. The van der Waals surface area contributed by atoms with Gasteiger partial charge in [-0.25, -0.2) is 9.97 Å². The van der Waals surface area contributed by atoms with E-state index in [9.17, 15) is 4.79 Å². The Labute approximate surface area is 149 Å². The highest BCUT2D eigenvalue weighted by atomic mass is 35.5. The molecule has 2 rings (SSSR count). The van der Waals surface area contributed by atoms with E-state index in [0.717, 1.165) is 11.3 Å². The Balaban J connectivity index is 1.92. The average molecular weight is 371 g/mol. The third kappa shape index (κ3) is 5.27. The van der Waals surface area contributed by atoms with Crippen LogP contribution in [0.3, 0.4) is 0 Å². The predicted octanol–water partition coefficient (Wildman–Crippen LogP) is 3.64. The molecule has 23 heavy (non-hydrogen) atoms. The molecule has 0 saturated carbocycles. The molecule has 2 aromatic rings. The number of aromatic nitrogens is 2. The standard InChI is InChI=1S/C15H16Cl2N4OS/c1-8-5-13(18)21-15(19-8)23-7-14(22)20-9(2)10-3-4-11(16)12(17)6-10/h3-6,9H,7H2,1-2H3,(H,20,22)(H2,18,19,21).